The largest absolute Gasteiger partial charge is 0.497 e. The van der Waals surface area contributed by atoms with Crippen molar-refractivity contribution in [2.24, 2.45) is 0 Å². The number of imide groups is 1. The van der Waals surface area contributed by atoms with Crippen LogP contribution in [0.4, 0.5) is 4.79 Å². The van der Waals surface area contributed by atoms with Gasteiger partial charge in [-0.25, -0.2) is 4.79 Å². The third-order valence-electron chi connectivity index (χ3n) is 6.91. The molecule has 2 N–H and O–H groups in total. The Kier molecular flexibility index (Phi) is 5.48. The first-order valence-corrected chi connectivity index (χ1v) is 11.5. The fourth-order valence-corrected chi connectivity index (χ4v) is 4.99. The molecule has 2 aliphatic rings. The average Bonchev–Trinajstić information content (AvgIpc) is 3.07. The van der Waals surface area contributed by atoms with E-state index in [-0.39, 0.29) is 18.5 Å². The molecule has 1 saturated heterocycles. The van der Waals surface area contributed by atoms with Crippen molar-refractivity contribution in [3.8, 4) is 5.75 Å². The summed E-state index contributed by atoms with van der Waals surface area (Å²) in [6.07, 6.45) is 2.81. The number of carbonyl (C=O) groups is 3. The van der Waals surface area contributed by atoms with E-state index in [9.17, 15) is 14.4 Å². The number of benzene rings is 3. The standard InChI is InChI=1S/C27H27N3O4/c1-27(20-12-10-19-15-21(34-2)13-11-18(19)14-20)25(32)30(26(33)29-27)16-24(31)28-23-9-5-7-17-6-3-4-8-22(17)23/h3-4,6,8,10-15,23H,5,7,9,16H2,1-2H3,(H,28,31)(H,29,33)/t23-,27-/m1/s1. The maximum Gasteiger partial charge on any atom is 0.325 e. The van der Waals surface area contributed by atoms with Gasteiger partial charge in [-0.1, -0.05) is 42.5 Å². The van der Waals surface area contributed by atoms with Crippen molar-refractivity contribution in [1.82, 2.24) is 15.5 Å². The molecule has 34 heavy (non-hydrogen) atoms. The molecule has 0 unspecified atom stereocenters. The van der Waals surface area contributed by atoms with E-state index in [0.29, 0.717) is 5.56 Å². The van der Waals surface area contributed by atoms with Crippen LogP contribution in [-0.2, 0) is 21.5 Å². The number of nitrogens with zero attached hydrogens (tertiary/aromatic N) is 1. The normalized spacial score (nSPS) is 21.8. The lowest BCUT2D eigenvalue weighted by molar-refractivity contribution is -0.135. The number of amides is 4. The summed E-state index contributed by atoms with van der Waals surface area (Å²) in [5, 5.41) is 7.70. The van der Waals surface area contributed by atoms with Gasteiger partial charge in [-0.15, -0.1) is 0 Å². The van der Waals surface area contributed by atoms with E-state index in [4.69, 9.17) is 4.74 Å². The highest BCUT2D eigenvalue weighted by Crippen LogP contribution is 2.33. The van der Waals surface area contributed by atoms with Crippen LogP contribution in [0.3, 0.4) is 0 Å². The van der Waals surface area contributed by atoms with Gasteiger partial charge in [0.25, 0.3) is 5.91 Å². The minimum Gasteiger partial charge on any atom is -0.497 e. The van der Waals surface area contributed by atoms with Crippen LogP contribution in [0.15, 0.2) is 60.7 Å². The highest BCUT2D eigenvalue weighted by molar-refractivity contribution is 6.09. The molecule has 3 aromatic carbocycles. The van der Waals surface area contributed by atoms with E-state index in [1.807, 2.05) is 54.6 Å². The lowest BCUT2D eigenvalue weighted by Gasteiger charge is -2.27. The molecular formula is C27H27N3O4. The molecule has 4 amide bonds. The zero-order valence-corrected chi connectivity index (χ0v) is 19.3. The SMILES string of the molecule is COc1ccc2cc([C@@]3(C)NC(=O)N(CC(=O)N[C@@H]4CCCc5ccccc54)C3=O)ccc2c1. The van der Waals surface area contributed by atoms with Crippen molar-refractivity contribution < 1.29 is 19.1 Å². The van der Waals surface area contributed by atoms with Crippen molar-refractivity contribution in [2.45, 2.75) is 37.8 Å². The van der Waals surface area contributed by atoms with Crippen LogP contribution in [0.2, 0.25) is 0 Å². The summed E-state index contributed by atoms with van der Waals surface area (Å²) in [5.41, 5.74) is 1.75. The fourth-order valence-electron chi connectivity index (χ4n) is 4.99. The second-order valence-electron chi connectivity index (χ2n) is 9.09. The lowest BCUT2D eigenvalue weighted by atomic mass is 9.88. The van der Waals surface area contributed by atoms with Gasteiger partial charge in [0.2, 0.25) is 5.91 Å². The van der Waals surface area contributed by atoms with E-state index in [1.54, 1.807) is 14.0 Å². The van der Waals surface area contributed by atoms with Gasteiger partial charge in [0.1, 0.15) is 17.8 Å². The average molecular weight is 458 g/mol. The molecular weight excluding hydrogens is 430 g/mol. The molecule has 7 nitrogen and oxygen atoms in total. The van der Waals surface area contributed by atoms with Gasteiger partial charge in [-0.3, -0.25) is 14.5 Å². The number of rotatable bonds is 5. The second kappa shape index (κ2) is 8.48. The molecule has 2 atom stereocenters. The van der Waals surface area contributed by atoms with E-state index in [2.05, 4.69) is 16.7 Å². The van der Waals surface area contributed by atoms with Crippen LogP contribution in [0.25, 0.3) is 10.8 Å². The number of fused-ring (bicyclic) bond motifs is 2. The molecule has 0 radical (unpaired) electrons. The summed E-state index contributed by atoms with van der Waals surface area (Å²) in [5.74, 6) is -0.0425. The topological polar surface area (TPSA) is 87.7 Å². The van der Waals surface area contributed by atoms with Crippen molar-refractivity contribution >= 4 is 28.6 Å². The number of aryl methyl sites for hydroxylation is 1. The molecule has 1 aliphatic carbocycles. The minimum atomic E-state index is -1.25. The summed E-state index contributed by atoms with van der Waals surface area (Å²) < 4.78 is 5.27. The van der Waals surface area contributed by atoms with Crippen LogP contribution >= 0.6 is 0 Å². The van der Waals surface area contributed by atoms with Gasteiger partial charge >= 0.3 is 6.03 Å². The number of nitrogens with one attached hydrogen (secondary N) is 2. The zero-order valence-electron chi connectivity index (χ0n) is 19.3. The molecule has 0 saturated carbocycles. The summed E-state index contributed by atoms with van der Waals surface area (Å²) >= 11 is 0. The Hall–Kier alpha value is -3.87. The molecule has 0 bridgehead atoms. The number of methoxy groups -OCH3 is 1. The number of urea groups is 1. The number of hydrogen-bond acceptors (Lipinski definition) is 4. The van der Waals surface area contributed by atoms with E-state index in [1.165, 1.54) is 5.56 Å². The molecule has 1 heterocycles. The number of hydrogen-bond donors (Lipinski definition) is 2. The van der Waals surface area contributed by atoms with E-state index >= 15 is 0 Å². The van der Waals surface area contributed by atoms with Crippen LogP contribution in [-0.4, -0.2) is 36.4 Å². The molecule has 3 aromatic rings. The highest BCUT2D eigenvalue weighted by atomic mass is 16.5. The van der Waals surface area contributed by atoms with Crippen molar-refractivity contribution in [2.75, 3.05) is 13.7 Å². The third-order valence-corrected chi connectivity index (χ3v) is 6.91. The van der Waals surface area contributed by atoms with Crippen LogP contribution < -0.4 is 15.4 Å². The maximum atomic E-state index is 13.3. The molecule has 1 aliphatic heterocycles. The van der Waals surface area contributed by atoms with Crippen LogP contribution in [0.5, 0.6) is 5.75 Å². The summed E-state index contributed by atoms with van der Waals surface area (Å²) in [6, 6.07) is 18.7. The molecule has 0 aromatic heterocycles. The molecule has 1 fully saturated rings. The predicted molar refractivity (Wildman–Crippen MR) is 128 cm³/mol. The molecule has 174 valence electrons. The van der Waals surface area contributed by atoms with Crippen molar-refractivity contribution in [3.05, 3.63) is 77.4 Å². The number of carbonyl (C=O) groups excluding carboxylic acids is 3. The number of ether oxygens (including phenoxy) is 1. The monoisotopic (exact) mass is 457 g/mol. The lowest BCUT2D eigenvalue weighted by Crippen LogP contribution is -2.44. The second-order valence-corrected chi connectivity index (χ2v) is 9.09. The molecule has 5 rings (SSSR count). The van der Waals surface area contributed by atoms with Gasteiger partial charge in [0, 0.05) is 0 Å². The summed E-state index contributed by atoms with van der Waals surface area (Å²) in [7, 11) is 1.61. The molecule has 7 heteroatoms. The Balaban J connectivity index is 1.33. The van der Waals surface area contributed by atoms with Gasteiger partial charge in [-0.05, 0) is 71.8 Å². The Morgan fingerprint density at radius 1 is 1.12 bits per heavy atom. The fraction of sp³-hybridized carbons (Fsp3) is 0.296. The summed E-state index contributed by atoms with van der Waals surface area (Å²) in [6.45, 7) is 1.36. The van der Waals surface area contributed by atoms with Gasteiger partial charge in [0.05, 0.1) is 13.2 Å². The summed E-state index contributed by atoms with van der Waals surface area (Å²) in [4.78, 5) is 39.9. The van der Waals surface area contributed by atoms with Gasteiger partial charge < -0.3 is 15.4 Å². The smallest absolute Gasteiger partial charge is 0.325 e. The Morgan fingerprint density at radius 2 is 1.88 bits per heavy atom. The minimum absolute atomic E-state index is 0.109. The van der Waals surface area contributed by atoms with Gasteiger partial charge in [0.15, 0.2) is 0 Å². The predicted octanol–water partition coefficient (Wildman–Crippen LogP) is 3.81. The third kappa shape index (κ3) is 3.77. The Morgan fingerprint density at radius 3 is 2.71 bits per heavy atom. The Labute approximate surface area is 198 Å². The van der Waals surface area contributed by atoms with E-state index < -0.39 is 17.5 Å². The quantitative estimate of drug-likeness (QED) is 0.571. The van der Waals surface area contributed by atoms with Gasteiger partial charge in [-0.2, -0.15) is 0 Å². The van der Waals surface area contributed by atoms with Crippen molar-refractivity contribution in [1.29, 1.82) is 0 Å². The highest BCUT2D eigenvalue weighted by Gasteiger charge is 2.49. The maximum absolute atomic E-state index is 13.3. The first-order chi connectivity index (χ1) is 16.4. The molecule has 0 spiro atoms. The van der Waals surface area contributed by atoms with Crippen LogP contribution in [0, 0.1) is 0 Å². The zero-order chi connectivity index (χ0) is 23.9. The van der Waals surface area contributed by atoms with Crippen molar-refractivity contribution in [3.63, 3.8) is 0 Å². The van der Waals surface area contributed by atoms with E-state index in [0.717, 1.165) is 46.2 Å². The first-order valence-electron chi connectivity index (χ1n) is 11.5. The Bertz CT molecular complexity index is 1300. The first kappa shape index (κ1) is 21.9. The van der Waals surface area contributed by atoms with Crippen LogP contribution in [0.1, 0.15) is 42.5 Å².